The van der Waals surface area contributed by atoms with Gasteiger partial charge in [-0.1, -0.05) is 13.3 Å². The number of rotatable bonds is 3. The number of aryl methyl sites for hydroxylation is 1. The van der Waals surface area contributed by atoms with Crippen molar-refractivity contribution in [3.63, 3.8) is 0 Å². The molecule has 4 nitrogen and oxygen atoms in total. The maximum atomic E-state index is 12.1. The molecule has 0 saturated heterocycles. The van der Waals surface area contributed by atoms with E-state index in [-0.39, 0.29) is 16.9 Å². The van der Waals surface area contributed by atoms with Crippen molar-refractivity contribution in [2.45, 2.75) is 45.6 Å². The fourth-order valence-corrected chi connectivity index (χ4v) is 2.37. The van der Waals surface area contributed by atoms with Gasteiger partial charge in [-0.15, -0.1) is 0 Å². The average molecular weight is 244 g/mol. The summed E-state index contributed by atoms with van der Waals surface area (Å²) in [6.07, 6.45) is 5.41. The van der Waals surface area contributed by atoms with Crippen LogP contribution in [0.4, 0.5) is 0 Å². The Morgan fingerprint density at radius 1 is 1.39 bits per heavy atom. The average Bonchev–Trinajstić information content (AvgIpc) is 2.37. The number of hydrogen-bond acceptors (Lipinski definition) is 3. The predicted octanol–water partition coefficient (Wildman–Crippen LogP) is 2.04. The van der Waals surface area contributed by atoms with E-state index >= 15 is 0 Å². The molecule has 1 heterocycles. The zero-order valence-electron chi connectivity index (χ0n) is 10.5. The maximum Gasteiger partial charge on any atom is 0.268 e. The first-order valence-electron chi connectivity index (χ1n) is 6.38. The van der Waals surface area contributed by atoms with Crippen LogP contribution in [0.25, 0.3) is 0 Å². The van der Waals surface area contributed by atoms with Crippen LogP contribution >= 0.6 is 0 Å². The molecule has 94 valence electrons. The minimum Gasteiger partial charge on any atom is -0.314 e. The lowest BCUT2D eigenvalue weighted by atomic mass is 9.89. The summed E-state index contributed by atoms with van der Waals surface area (Å²) >= 11 is 0. The molecule has 1 aliphatic carbocycles. The Labute approximate surface area is 106 Å². The van der Waals surface area contributed by atoms with E-state index in [1.54, 1.807) is 6.20 Å². The normalized spacial score (nSPS) is 14.1. The molecule has 18 heavy (non-hydrogen) atoms. The first kappa shape index (κ1) is 12.6. The van der Waals surface area contributed by atoms with Crippen LogP contribution in [0, 0.1) is 11.3 Å². The molecule has 1 aromatic rings. The van der Waals surface area contributed by atoms with Gasteiger partial charge in [-0.3, -0.25) is 9.59 Å². The molecule has 0 spiro atoms. The Kier molecular flexibility index (Phi) is 3.61. The largest absolute Gasteiger partial charge is 0.314 e. The number of aromatic nitrogens is 1. The summed E-state index contributed by atoms with van der Waals surface area (Å²) in [5, 5.41) is 9.14. The quantitative estimate of drug-likeness (QED) is 0.817. The predicted molar refractivity (Wildman–Crippen MR) is 67.6 cm³/mol. The monoisotopic (exact) mass is 244 g/mol. The Hall–Kier alpha value is -1.89. The number of pyridine rings is 1. The van der Waals surface area contributed by atoms with Crippen LogP contribution in [0.3, 0.4) is 0 Å². The number of ketones is 1. The third kappa shape index (κ3) is 2.08. The zero-order valence-corrected chi connectivity index (χ0v) is 10.5. The van der Waals surface area contributed by atoms with Crippen LogP contribution in [0.15, 0.2) is 11.0 Å². The molecule has 0 aliphatic heterocycles. The molecular formula is C14H16N2O2. The number of carbonyl (C=O) groups excluding carboxylic acids is 1. The van der Waals surface area contributed by atoms with Gasteiger partial charge in [0.2, 0.25) is 0 Å². The summed E-state index contributed by atoms with van der Waals surface area (Å²) in [6.45, 7) is 2.62. The van der Waals surface area contributed by atoms with Gasteiger partial charge in [-0.25, -0.2) is 0 Å². The third-order valence-electron chi connectivity index (χ3n) is 3.38. The van der Waals surface area contributed by atoms with E-state index in [1.807, 2.05) is 13.0 Å². The van der Waals surface area contributed by atoms with E-state index in [9.17, 15) is 9.59 Å². The topological polar surface area (TPSA) is 62.9 Å². The fraction of sp³-hybridized carbons (Fsp3) is 0.500. The molecule has 0 atom stereocenters. The van der Waals surface area contributed by atoms with Crippen molar-refractivity contribution in [2.75, 3.05) is 0 Å². The lowest BCUT2D eigenvalue weighted by Gasteiger charge is -2.17. The van der Waals surface area contributed by atoms with Gasteiger partial charge in [0.1, 0.15) is 11.6 Å². The molecule has 0 unspecified atom stereocenters. The summed E-state index contributed by atoms with van der Waals surface area (Å²) in [5.74, 6) is 0.0537. The molecule has 0 bridgehead atoms. The lowest BCUT2D eigenvalue weighted by molar-refractivity contribution is 0.0971. The summed E-state index contributed by atoms with van der Waals surface area (Å²) in [7, 11) is 0. The number of Topliss-reactive ketones (excluding diaryl/α,β-unsaturated/α-hetero) is 1. The van der Waals surface area contributed by atoms with E-state index < -0.39 is 0 Å². The highest BCUT2D eigenvalue weighted by Gasteiger charge is 2.23. The number of nitrogens with zero attached hydrogens (tertiary/aromatic N) is 2. The molecule has 0 fully saturated rings. The van der Waals surface area contributed by atoms with Crippen molar-refractivity contribution in [1.29, 1.82) is 5.26 Å². The Bertz CT molecular complexity index is 579. The Balaban J connectivity index is 2.59. The maximum absolute atomic E-state index is 12.1. The minimum absolute atomic E-state index is 0.0537. The second kappa shape index (κ2) is 5.18. The van der Waals surface area contributed by atoms with Crippen LogP contribution in [0.2, 0.25) is 0 Å². The van der Waals surface area contributed by atoms with Crippen LogP contribution in [0.5, 0.6) is 0 Å². The van der Waals surface area contributed by atoms with E-state index in [0.29, 0.717) is 30.5 Å². The van der Waals surface area contributed by atoms with Gasteiger partial charge in [-0.05, 0) is 24.8 Å². The molecule has 0 radical (unpaired) electrons. The number of unbranched alkanes of at least 4 members (excludes halogenated alkanes) is 1. The van der Waals surface area contributed by atoms with Crippen molar-refractivity contribution in [3.05, 3.63) is 33.2 Å². The minimum atomic E-state index is -0.251. The second-order valence-corrected chi connectivity index (χ2v) is 4.64. The van der Waals surface area contributed by atoms with Crippen molar-refractivity contribution < 1.29 is 4.79 Å². The van der Waals surface area contributed by atoms with Gasteiger partial charge in [0.25, 0.3) is 5.56 Å². The smallest absolute Gasteiger partial charge is 0.268 e. The van der Waals surface area contributed by atoms with Crippen LogP contribution in [0.1, 0.15) is 54.1 Å². The lowest BCUT2D eigenvalue weighted by Crippen LogP contribution is -2.28. The van der Waals surface area contributed by atoms with Gasteiger partial charge in [0, 0.05) is 24.7 Å². The van der Waals surface area contributed by atoms with Gasteiger partial charge < -0.3 is 4.57 Å². The number of hydrogen-bond donors (Lipinski definition) is 0. The number of nitriles is 1. The van der Waals surface area contributed by atoms with Crippen molar-refractivity contribution in [2.24, 2.45) is 0 Å². The highest BCUT2D eigenvalue weighted by Crippen LogP contribution is 2.22. The SMILES string of the molecule is CCCCn1cc2c(c(C#N)c1=O)CCCC2=O. The second-order valence-electron chi connectivity index (χ2n) is 4.64. The van der Waals surface area contributed by atoms with E-state index in [0.717, 1.165) is 19.3 Å². The van der Waals surface area contributed by atoms with Crippen LogP contribution < -0.4 is 5.56 Å². The van der Waals surface area contributed by atoms with E-state index in [2.05, 4.69) is 0 Å². The number of carbonyl (C=O) groups is 1. The summed E-state index contributed by atoms with van der Waals surface area (Å²) < 4.78 is 1.52. The molecular weight excluding hydrogens is 228 g/mol. The highest BCUT2D eigenvalue weighted by atomic mass is 16.1. The third-order valence-corrected chi connectivity index (χ3v) is 3.38. The molecule has 0 aromatic carbocycles. The van der Waals surface area contributed by atoms with Gasteiger partial charge >= 0.3 is 0 Å². The highest BCUT2D eigenvalue weighted by molar-refractivity contribution is 5.98. The first-order valence-corrected chi connectivity index (χ1v) is 6.38. The Morgan fingerprint density at radius 2 is 2.17 bits per heavy atom. The van der Waals surface area contributed by atoms with Gasteiger partial charge in [0.15, 0.2) is 5.78 Å². The number of fused-ring (bicyclic) bond motifs is 1. The van der Waals surface area contributed by atoms with E-state index in [4.69, 9.17) is 5.26 Å². The van der Waals surface area contributed by atoms with Crippen molar-refractivity contribution in [1.82, 2.24) is 4.57 Å². The molecule has 1 aliphatic rings. The van der Waals surface area contributed by atoms with Crippen LogP contribution in [-0.4, -0.2) is 10.4 Å². The van der Waals surface area contributed by atoms with Crippen molar-refractivity contribution in [3.8, 4) is 6.07 Å². The summed E-state index contributed by atoms with van der Waals surface area (Å²) in [4.78, 5) is 24.0. The fourth-order valence-electron chi connectivity index (χ4n) is 2.37. The molecule has 0 N–H and O–H groups in total. The molecule has 0 saturated carbocycles. The van der Waals surface area contributed by atoms with Gasteiger partial charge in [0.05, 0.1) is 0 Å². The van der Waals surface area contributed by atoms with Crippen LogP contribution in [-0.2, 0) is 13.0 Å². The summed E-state index contributed by atoms with van der Waals surface area (Å²) in [5.41, 5.74) is 1.15. The standard InChI is InChI=1S/C14H16N2O2/c1-2-3-7-16-9-12-10(5-4-6-13(12)17)11(8-15)14(16)18/h9H,2-7H2,1H3. The summed E-state index contributed by atoms with van der Waals surface area (Å²) in [6, 6.07) is 1.98. The molecule has 1 aromatic heterocycles. The zero-order chi connectivity index (χ0) is 13.1. The van der Waals surface area contributed by atoms with Gasteiger partial charge in [-0.2, -0.15) is 5.26 Å². The molecule has 2 rings (SSSR count). The Morgan fingerprint density at radius 3 is 2.83 bits per heavy atom. The van der Waals surface area contributed by atoms with Crippen molar-refractivity contribution >= 4 is 5.78 Å². The van der Waals surface area contributed by atoms with E-state index in [1.165, 1.54) is 4.57 Å². The molecule has 0 amide bonds. The first-order chi connectivity index (χ1) is 8.69. The molecule has 4 heteroatoms.